The molecule has 0 radical (unpaired) electrons. The molecule has 2 amide bonds. The Morgan fingerprint density at radius 3 is 2.33 bits per heavy atom. The van der Waals surface area contributed by atoms with E-state index < -0.39 is 12.0 Å². The number of benzene rings is 2. The van der Waals surface area contributed by atoms with Crippen LogP contribution in [0.5, 0.6) is 11.5 Å². The molecule has 0 aliphatic heterocycles. The van der Waals surface area contributed by atoms with Gasteiger partial charge in [-0.3, -0.25) is 10.2 Å². The summed E-state index contributed by atoms with van der Waals surface area (Å²) < 4.78 is 10.0. The topological polar surface area (TPSA) is 96.9 Å². The van der Waals surface area contributed by atoms with Crippen molar-refractivity contribution in [3.05, 3.63) is 58.1 Å². The summed E-state index contributed by atoms with van der Waals surface area (Å²) >= 11 is 0. The number of nitrogens with one attached hydrogen (secondary N) is 2. The van der Waals surface area contributed by atoms with E-state index in [0.29, 0.717) is 6.42 Å². The normalized spacial score (nSPS) is 10.2. The lowest BCUT2D eigenvalue weighted by Gasteiger charge is -2.12. The second-order valence-corrected chi connectivity index (χ2v) is 6.23. The standard InChI is InChI=1S/C20H24N2O5/c1-12-9-13(2)16(14(3)10-12)7-8-27-20(25)22-21-19(24)15-5-6-17(23)18(11-15)26-4/h5-6,9-11,23H,7-8H2,1-4H3,(H,21,24)(H,22,25). The highest BCUT2D eigenvalue weighted by Crippen LogP contribution is 2.26. The highest BCUT2D eigenvalue weighted by Gasteiger charge is 2.11. The van der Waals surface area contributed by atoms with Gasteiger partial charge in [0, 0.05) is 12.0 Å². The molecule has 0 aromatic heterocycles. The van der Waals surface area contributed by atoms with Gasteiger partial charge in [-0.2, -0.15) is 0 Å². The first-order valence-corrected chi connectivity index (χ1v) is 8.48. The van der Waals surface area contributed by atoms with E-state index in [4.69, 9.17) is 9.47 Å². The smallest absolute Gasteiger partial charge is 0.426 e. The Labute approximate surface area is 158 Å². The van der Waals surface area contributed by atoms with Gasteiger partial charge in [0.2, 0.25) is 0 Å². The number of carbonyl (C=O) groups excluding carboxylic acids is 2. The molecule has 0 aliphatic carbocycles. The Bertz CT molecular complexity index is 825. The van der Waals surface area contributed by atoms with E-state index >= 15 is 0 Å². The van der Waals surface area contributed by atoms with Crippen molar-refractivity contribution in [3.8, 4) is 11.5 Å². The molecule has 2 aromatic carbocycles. The number of ether oxygens (including phenoxy) is 2. The molecule has 144 valence electrons. The number of hydrogen-bond donors (Lipinski definition) is 3. The molecule has 0 atom stereocenters. The summed E-state index contributed by atoms with van der Waals surface area (Å²) in [7, 11) is 1.38. The lowest BCUT2D eigenvalue weighted by atomic mass is 9.98. The summed E-state index contributed by atoms with van der Waals surface area (Å²) in [6.45, 7) is 6.29. The monoisotopic (exact) mass is 372 g/mol. The molecule has 2 aromatic rings. The summed E-state index contributed by atoms with van der Waals surface area (Å²) in [6, 6.07) is 8.28. The average Bonchev–Trinajstić information content (AvgIpc) is 2.62. The molecule has 0 spiro atoms. The Balaban J connectivity index is 1.82. The van der Waals surface area contributed by atoms with Crippen molar-refractivity contribution >= 4 is 12.0 Å². The maximum Gasteiger partial charge on any atom is 0.426 e. The van der Waals surface area contributed by atoms with Gasteiger partial charge in [-0.25, -0.2) is 10.2 Å². The molecule has 2 rings (SSSR count). The molecule has 27 heavy (non-hydrogen) atoms. The third-order valence-corrected chi connectivity index (χ3v) is 4.15. The average molecular weight is 372 g/mol. The van der Waals surface area contributed by atoms with Crippen LogP contribution in [0.25, 0.3) is 0 Å². The second-order valence-electron chi connectivity index (χ2n) is 6.23. The molecule has 7 heteroatoms. The van der Waals surface area contributed by atoms with E-state index in [1.54, 1.807) is 0 Å². The van der Waals surface area contributed by atoms with Crippen LogP contribution in [0.4, 0.5) is 4.79 Å². The van der Waals surface area contributed by atoms with Crippen molar-refractivity contribution in [1.29, 1.82) is 0 Å². The van der Waals surface area contributed by atoms with Crippen LogP contribution in [0.15, 0.2) is 30.3 Å². The third kappa shape index (κ3) is 5.37. The Hall–Kier alpha value is -3.22. The minimum atomic E-state index is -0.753. The summed E-state index contributed by atoms with van der Waals surface area (Å²) in [5.41, 5.74) is 9.32. The number of amides is 2. The predicted octanol–water partition coefficient (Wildman–Crippen LogP) is 2.94. The number of phenolic OH excluding ortho intramolecular Hbond substituents is 1. The minimum absolute atomic E-state index is 0.0805. The van der Waals surface area contributed by atoms with Crippen molar-refractivity contribution in [2.24, 2.45) is 0 Å². The molecule has 0 aliphatic rings. The number of rotatable bonds is 5. The number of methoxy groups -OCH3 is 1. The van der Waals surface area contributed by atoms with Crippen molar-refractivity contribution in [2.45, 2.75) is 27.2 Å². The lowest BCUT2D eigenvalue weighted by Crippen LogP contribution is -2.42. The van der Waals surface area contributed by atoms with Gasteiger partial charge in [-0.15, -0.1) is 0 Å². The zero-order valence-corrected chi connectivity index (χ0v) is 15.9. The van der Waals surface area contributed by atoms with Crippen LogP contribution in [-0.4, -0.2) is 30.8 Å². The predicted molar refractivity (Wildman–Crippen MR) is 101 cm³/mol. The van der Waals surface area contributed by atoms with Crippen molar-refractivity contribution in [2.75, 3.05) is 13.7 Å². The van der Waals surface area contributed by atoms with Gasteiger partial charge >= 0.3 is 6.09 Å². The van der Waals surface area contributed by atoms with Crippen LogP contribution >= 0.6 is 0 Å². The molecular formula is C20H24N2O5. The highest BCUT2D eigenvalue weighted by atomic mass is 16.6. The number of hydrazine groups is 1. The molecule has 7 nitrogen and oxygen atoms in total. The first-order chi connectivity index (χ1) is 12.8. The van der Waals surface area contributed by atoms with Crippen LogP contribution in [-0.2, 0) is 11.2 Å². The van der Waals surface area contributed by atoms with Crippen molar-refractivity contribution in [1.82, 2.24) is 10.9 Å². The summed E-state index contributed by atoms with van der Waals surface area (Å²) in [4.78, 5) is 23.8. The van der Waals surface area contributed by atoms with Gasteiger partial charge < -0.3 is 14.6 Å². The van der Waals surface area contributed by atoms with Gasteiger partial charge in [0.05, 0.1) is 13.7 Å². The first kappa shape index (κ1) is 20.1. The summed E-state index contributed by atoms with van der Waals surface area (Å²) in [6.07, 6.45) is -0.161. The van der Waals surface area contributed by atoms with E-state index in [2.05, 4.69) is 23.0 Å². The van der Waals surface area contributed by atoms with E-state index in [1.165, 1.54) is 30.9 Å². The number of aryl methyl sites for hydroxylation is 3. The maximum atomic E-state index is 12.0. The van der Waals surface area contributed by atoms with Crippen LogP contribution < -0.4 is 15.6 Å². The Kier molecular flexibility index (Phi) is 6.65. The fraction of sp³-hybridized carbons (Fsp3) is 0.300. The fourth-order valence-electron chi connectivity index (χ4n) is 2.88. The largest absolute Gasteiger partial charge is 0.504 e. The Morgan fingerprint density at radius 1 is 1.04 bits per heavy atom. The van der Waals surface area contributed by atoms with E-state index in [9.17, 15) is 14.7 Å². The quantitative estimate of drug-likeness (QED) is 0.701. The van der Waals surface area contributed by atoms with Crippen LogP contribution in [0, 0.1) is 20.8 Å². The van der Waals surface area contributed by atoms with Gasteiger partial charge in [-0.05, 0) is 55.7 Å². The molecule has 0 fully saturated rings. The zero-order chi connectivity index (χ0) is 20.0. The number of carbonyl (C=O) groups is 2. The number of hydrogen-bond acceptors (Lipinski definition) is 5. The number of aromatic hydroxyl groups is 1. The van der Waals surface area contributed by atoms with Gasteiger partial charge in [-0.1, -0.05) is 17.7 Å². The third-order valence-electron chi connectivity index (χ3n) is 4.15. The van der Waals surface area contributed by atoms with Crippen molar-refractivity contribution in [3.63, 3.8) is 0 Å². The fourth-order valence-corrected chi connectivity index (χ4v) is 2.88. The molecule has 3 N–H and O–H groups in total. The molecule has 0 saturated heterocycles. The van der Waals surface area contributed by atoms with E-state index in [-0.39, 0.29) is 23.7 Å². The number of phenols is 1. The van der Waals surface area contributed by atoms with Gasteiger partial charge in [0.15, 0.2) is 11.5 Å². The molecule has 0 saturated carbocycles. The lowest BCUT2D eigenvalue weighted by molar-refractivity contribution is 0.0910. The molecule has 0 heterocycles. The summed E-state index contributed by atoms with van der Waals surface area (Å²) in [5, 5.41) is 9.53. The SMILES string of the molecule is COc1cc(C(=O)NNC(=O)OCCc2c(C)cc(C)cc2C)ccc1O. The Morgan fingerprint density at radius 2 is 1.70 bits per heavy atom. The van der Waals surface area contributed by atoms with E-state index in [1.807, 2.05) is 20.8 Å². The van der Waals surface area contributed by atoms with E-state index in [0.717, 1.165) is 16.7 Å². The van der Waals surface area contributed by atoms with Gasteiger partial charge in [0.25, 0.3) is 5.91 Å². The van der Waals surface area contributed by atoms with Crippen LogP contribution in [0.2, 0.25) is 0 Å². The van der Waals surface area contributed by atoms with Gasteiger partial charge in [0.1, 0.15) is 0 Å². The maximum absolute atomic E-state index is 12.0. The first-order valence-electron chi connectivity index (χ1n) is 8.48. The zero-order valence-electron chi connectivity index (χ0n) is 15.9. The molecule has 0 unspecified atom stereocenters. The van der Waals surface area contributed by atoms with Crippen LogP contribution in [0.3, 0.4) is 0 Å². The molecular weight excluding hydrogens is 348 g/mol. The molecule has 0 bridgehead atoms. The minimum Gasteiger partial charge on any atom is -0.504 e. The summed E-state index contributed by atoms with van der Waals surface area (Å²) in [5.74, 6) is -0.479. The second kappa shape index (κ2) is 8.93. The van der Waals surface area contributed by atoms with Crippen molar-refractivity contribution < 1.29 is 24.2 Å². The van der Waals surface area contributed by atoms with Crippen LogP contribution in [0.1, 0.15) is 32.6 Å². The highest BCUT2D eigenvalue weighted by molar-refractivity contribution is 5.95.